The standard InChI is InChI=1S/C18H19F3N4.HI/c19-18(20,21)14-6-3-5-13(11-14)17(8-4-9-17)12-24-16(22)25-15-7-1-2-10-23-15;/h1-3,5-7,10-11H,4,8-9,12H2,(H3,22,23,24,25);1H. The van der Waals surface area contributed by atoms with Crippen molar-refractivity contribution in [3.05, 3.63) is 59.8 Å². The second-order valence-corrected chi connectivity index (χ2v) is 6.25. The van der Waals surface area contributed by atoms with Crippen LogP contribution >= 0.6 is 24.0 Å². The zero-order valence-electron chi connectivity index (χ0n) is 14.0. The van der Waals surface area contributed by atoms with Gasteiger partial charge < -0.3 is 11.1 Å². The van der Waals surface area contributed by atoms with Gasteiger partial charge in [-0.15, -0.1) is 24.0 Å². The van der Waals surface area contributed by atoms with Crippen molar-refractivity contribution in [2.75, 3.05) is 11.9 Å². The van der Waals surface area contributed by atoms with E-state index in [9.17, 15) is 13.2 Å². The molecule has 1 fully saturated rings. The number of guanidine groups is 1. The summed E-state index contributed by atoms with van der Waals surface area (Å²) in [5, 5.41) is 2.89. The highest BCUT2D eigenvalue weighted by atomic mass is 127. The van der Waals surface area contributed by atoms with Gasteiger partial charge in [0.15, 0.2) is 5.96 Å². The maximum absolute atomic E-state index is 13.0. The minimum Gasteiger partial charge on any atom is -0.370 e. The van der Waals surface area contributed by atoms with E-state index in [1.807, 2.05) is 6.07 Å². The number of alkyl halides is 3. The molecule has 0 atom stereocenters. The molecule has 3 rings (SSSR count). The predicted octanol–water partition coefficient (Wildman–Crippen LogP) is 4.57. The summed E-state index contributed by atoms with van der Waals surface area (Å²) in [6, 6.07) is 10.9. The average Bonchev–Trinajstić information content (AvgIpc) is 2.54. The van der Waals surface area contributed by atoms with Gasteiger partial charge in [0.2, 0.25) is 0 Å². The number of hydrogen-bond donors (Lipinski definition) is 2. The predicted molar refractivity (Wildman–Crippen MR) is 107 cm³/mol. The van der Waals surface area contributed by atoms with Gasteiger partial charge in [-0.1, -0.05) is 30.7 Å². The fraction of sp³-hybridized carbons (Fsp3) is 0.333. The quantitative estimate of drug-likeness (QED) is 0.386. The molecule has 0 amide bonds. The number of aliphatic imine (C=N–C) groups is 1. The van der Waals surface area contributed by atoms with Crippen molar-refractivity contribution in [2.45, 2.75) is 30.9 Å². The minimum absolute atomic E-state index is 0. The molecule has 4 nitrogen and oxygen atoms in total. The molecule has 0 saturated heterocycles. The summed E-state index contributed by atoms with van der Waals surface area (Å²) in [6.45, 7) is 0.347. The molecule has 1 saturated carbocycles. The van der Waals surface area contributed by atoms with E-state index in [2.05, 4.69) is 15.3 Å². The molecule has 26 heavy (non-hydrogen) atoms. The number of rotatable bonds is 4. The van der Waals surface area contributed by atoms with Crippen LogP contribution < -0.4 is 11.1 Å². The number of pyridine rings is 1. The third kappa shape index (κ3) is 4.66. The van der Waals surface area contributed by atoms with Gasteiger partial charge in [-0.05, 0) is 36.6 Å². The minimum atomic E-state index is -4.34. The van der Waals surface area contributed by atoms with E-state index in [0.717, 1.165) is 25.3 Å². The zero-order valence-corrected chi connectivity index (χ0v) is 16.3. The van der Waals surface area contributed by atoms with E-state index in [-0.39, 0.29) is 35.4 Å². The molecule has 1 aliphatic carbocycles. The lowest BCUT2D eigenvalue weighted by atomic mass is 9.64. The Balaban J connectivity index is 0.00000243. The van der Waals surface area contributed by atoms with E-state index >= 15 is 0 Å². The van der Waals surface area contributed by atoms with Gasteiger partial charge >= 0.3 is 6.18 Å². The van der Waals surface area contributed by atoms with Crippen LogP contribution in [0.1, 0.15) is 30.4 Å². The van der Waals surface area contributed by atoms with Crippen molar-refractivity contribution in [1.29, 1.82) is 0 Å². The molecule has 1 aliphatic rings. The Hall–Kier alpha value is -1.84. The highest BCUT2D eigenvalue weighted by Crippen LogP contribution is 2.45. The summed E-state index contributed by atoms with van der Waals surface area (Å²) in [5.41, 5.74) is 5.55. The Morgan fingerprint density at radius 1 is 1.19 bits per heavy atom. The van der Waals surface area contributed by atoms with Crippen LogP contribution in [0.4, 0.5) is 19.0 Å². The molecule has 0 spiro atoms. The summed E-state index contributed by atoms with van der Waals surface area (Å²) in [5.74, 6) is 0.780. The van der Waals surface area contributed by atoms with Crippen molar-refractivity contribution in [3.8, 4) is 0 Å². The molecule has 2 aromatic rings. The topological polar surface area (TPSA) is 63.3 Å². The average molecular weight is 476 g/mol. The first-order valence-corrected chi connectivity index (χ1v) is 8.05. The normalized spacial score (nSPS) is 16.3. The third-order valence-corrected chi connectivity index (χ3v) is 4.59. The van der Waals surface area contributed by atoms with Gasteiger partial charge in [-0.2, -0.15) is 13.2 Å². The van der Waals surface area contributed by atoms with Crippen LogP contribution in [0.15, 0.2) is 53.7 Å². The molecule has 0 bridgehead atoms. The number of halogens is 4. The first kappa shape index (κ1) is 20.5. The van der Waals surface area contributed by atoms with E-state index in [1.54, 1.807) is 24.4 Å². The fourth-order valence-corrected chi connectivity index (χ4v) is 3.01. The van der Waals surface area contributed by atoms with Crippen LogP contribution in [0.3, 0.4) is 0 Å². The Kier molecular flexibility index (Phi) is 6.48. The van der Waals surface area contributed by atoms with Gasteiger partial charge in [-0.3, -0.25) is 4.99 Å². The van der Waals surface area contributed by atoms with Crippen molar-refractivity contribution in [2.24, 2.45) is 10.7 Å². The first-order valence-electron chi connectivity index (χ1n) is 8.05. The number of benzene rings is 1. The summed E-state index contributed by atoms with van der Waals surface area (Å²) in [4.78, 5) is 8.44. The van der Waals surface area contributed by atoms with Crippen LogP contribution in [0, 0.1) is 0 Å². The maximum Gasteiger partial charge on any atom is 0.416 e. The highest BCUT2D eigenvalue weighted by molar-refractivity contribution is 14.0. The number of hydrogen-bond acceptors (Lipinski definition) is 2. The lowest BCUT2D eigenvalue weighted by Gasteiger charge is -2.41. The molecule has 140 valence electrons. The van der Waals surface area contributed by atoms with Gasteiger partial charge in [-0.25, -0.2) is 4.98 Å². The first-order chi connectivity index (χ1) is 11.9. The lowest BCUT2D eigenvalue weighted by molar-refractivity contribution is -0.137. The van der Waals surface area contributed by atoms with E-state index in [4.69, 9.17) is 5.73 Å². The van der Waals surface area contributed by atoms with Crippen molar-refractivity contribution >= 4 is 35.8 Å². The van der Waals surface area contributed by atoms with Crippen LogP contribution in [0.25, 0.3) is 0 Å². The van der Waals surface area contributed by atoms with Crippen LogP contribution in [0.5, 0.6) is 0 Å². The fourth-order valence-electron chi connectivity index (χ4n) is 3.01. The van der Waals surface area contributed by atoms with Crippen LogP contribution in [-0.4, -0.2) is 17.5 Å². The second kappa shape index (κ2) is 8.24. The van der Waals surface area contributed by atoms with E-state index < -0.39 is 11.7 Å². The Bertz CT molecular complexity index is 759. The molecule has 0 radical (unpaired) electrons. The number of nitrogens with two attached hydrogens (primary N) is 1. The Labute approximate surface area is 167 Å². The van der Waals surface area contributed by atoms with Crippen LogP contribution in [0.2, 0.25) is 0 Å². The van der Waals surface area contributed by atoms with E-state index in [1.165, 1.54) is 12.1 Å². The number of nitrogens with zero attached hydrogens (tertiary/aromatic N) is 2. The summed E-state index contributed by atoms with van der Waals surface area (Å²) in [6.07, 6.45) is -0.141. The van der Waals surface area contributed by atoms with Gasteiger partial charge in [0, 0.05) is 11.6 Å². The summed E-state index contributed by atoms with van der Waals surface area (Å²) in [7, 11) is 0. The van der Waals surface area contributed by atoms with Gasteiger partial charge in [0.25, 0.3) is 0 Å². The molecular weight excluding hydrogens is 456 g/mol. The molecule has 8 heteroatoms. The third-order valence-electron chi connectivity index (χ3n) is 4.59. The molecule has 1 aromatic carbocycles. The van der Waals surface area contributed by atoms with E-state index in [0.29, 0.717) is 17.9 Å². The Morgan fingerprint density at radius 3 is 2.54 bits per heavy atom. The molecule has 1 aromatic heterocycles. The maximum atomic E-state index is 13.0. The number of nitrogens with one attached hydrogen (secondary N) is 1. The monoisotopic (exact) mass is 476 g/mol. The second-order valence-electron chi connectivity index (χ2n) is 6.25. The van der Waals surface area contributed by atoms with Gasteiger partial charge in [0.05, 0.1) is 12.1 Å². The highest BCUT2D eigenvalue weighted by Gasteiger charge is 2.40. The van der Waals surface area contributed by atoms with Crippen molar-refractivity contribution in [3.63, 3.8) is 0 Å². The molecule has 3 N–H and O–H groups in total. The molecule has 0 aliphatic heterocycles. The molecular formula is C18H20F3IN4. The van der Waals surface area contributed by atoms with Crippen LogP contribution in [-0.2, 0) is 11.6 Å². The molecule has 1 heterocycles. The lowest BCUT2D eigenvalue weighted by Crippen LogP contribution is -2.39. The largest absolute Gasteiger partial charge is 0.416 e. The number of aromatic nitrogens is 1. The van der Waals surface area contributed by atoms with Gasteiger partial charge in [0.1, 0.15) is 5.82 Å². The van der Waals surface area contributed by atoms with Crippen molar-refractivity contribution < 1.29 is 13.2 Å². The summed E-state index contributed by atoms with van der Waals surface area (Å²) >= 11 is 0. The number of anilines is 1. The Morgan fingerprint density at radius 2 is 1.96 bits per heavy atom. The smallest absolute Gasteiger partial charge is 0.370 e. The van der Waals surface area contributed by atoms with Crippen molar-refractivity contribution in [1.82, 2.24) is 4.98 Å². The molecule has 0 unspecified atom stereocenters. The summed E-state index contributed by atoms with van der Waals surface area (Å²) < 4.78 is 38.9. The SMILES string of the molecule is I.NC(=NCC1(c2cccc(C(F)(F)F)c2)CCC1)Nc1ccccn1. The zero-order chi connectivity index (χ0) is 17.9.